The summed E-state index contributed by atoms with van der Waals surface area (Å²) in [6, 6.07) is 0.486. The summed E-state index contributed by atoms with van der Waals surface area (Å²) < 4.78 is 6.24. The summed E-state index contributed by atoms with van der Waals surface area (Å²) in [6.45, 7) is 9.12. The Morgan fingerprint density at radius 2 is 2.33 bits per heavy atom. The van der Waals surface area contributed by atoms with Crippen LogP contribution in [0, 0.1) is 5.92 Å². The van der Waals surface area contributed by atoms with Crippen molar-refractivity contribution in [2.45, 2.75) is 70.4 Å². The van der Waals surface area contributed by atoms with Crippen LogP contribution in [0.25, 0.3) is 0 Å². The molecule has 18 heavy (non-hydrogen) atoms. The third-order valence-electron chi connectivity index (χ3n) is 4.31. The first-order chi connectivity index (χ1) is 8.68. The van der Waals surface area contributed by atoms with Crippen LogP contribution < -0.4 is 5.32 Å². The fourth-order valence-corrected chi connectivity index (χ4v) is 3.52. The smallest absolute Gasteiger partial charge is 0.0837 e. The van der Waals surface area contributed by atoms with E-state index in [1.165, 1.54) is 38.5 Å². The standard InChI is InChI=1S/C16H31NO/c1-5-7-8-11-15(17-4)16(18-6-2)12-9-10-14(3)13-16/h5,14-15,17H,1,6-13H2,2-4H3. The van der Waals surface area contributed by atoms with Crippen LogP contribution in [0.4, 0.5) is 0 Å². The predicted molar refractivity (Wildman–Crippen MR) is 78.9 cm³/mol. The zero-order valence-electron chi connectivity index (χ0n) is 12.5. The Morgan fingerprint density at radius 1 is 1.56 bits per heavy atom. The molecule has 0 radical (unpaired) electrons. The van der Waals surface area contributed by atoms with Gasteiger partial charge in [-0.3, -0.25) is 0 Å². The van der Waals surface area contributed by atoms with Gasteiger partial charge in [-0.15, -0.1) is 6.58 Å². The van der Waals surface area contributed by atoms with Crippen molar-refractivity contribution >= 4 is 0 Å². The molecule has 1 rings (SSSR count). The molecule has 3 unspecified atom stereocenters. The fourth-order valence-electron chi connectivity index (χ4n) is 3.52. The molecule has 2 heteroatoms. The van der Waals surface area contributed by atoms with Crippen molar-refractivity contribution in [2.75, 3.05) is 13.7 Å². The van der Waals surface area contributed by atoms with Gasteiger partial charge in [-0.2, -0.15) is 0 Å². The monoisotopic (exact) mass is 253 g/mol. The lowest BCUT2D eigenvalue weighted by Gasteiger charge is -2.45. The average Bonchev–Trinajstić information content (AvgIpc) is 2.35. The minimum atomic E-state index is 0.0718. The second-order valence-electron chi connectivity index (χ2n) is 5.76. The van der Waals surface area contributed by atoms with E-state index >= 15 is 0 Å². The van der Waals surface area contributed by atoms with Gasteiger partial charge in [-0.05, 0) is 52.0 Å². The molecule has 0 amide bonds. The highest BCUT2D eigenvalue weighted by atomic mass is 16.5. The molecular weight excluding hydrogens is 222 g/mol. The zero-order chi connectivity index (χ0) is 13.4. The van der Waals surface area contributed by atoms with E-state index in [1.54, 1.807) is 0 Å². The Kier molecular flexibility index (Phi) is 6.95. The number of hydrogen-bond donors (Lipinski definition) is 1. The summed E-state index contributed by atoms with van der Waals surface area (Å²) in [6.07, 6.45) is 10.6. The van der Waals surface area contributed by atoms with Crippen LogP contribution in [0.1, 0.15) is 58.8 Å². The molecule has 1 aliphatic carbocycles. The Bertz CT molecular complexity index is 237. The average molecular weight is 253 g/mol. The summed E-state index contributed by atoms with van der Waals surface area (Å²) >= 11 is 0. The minimum Gasteiger partial charge on any atom is -0.374 e. The largest absolute Gasteiger partial charge is 0.374 e. The van der Waals surface area contributed by atoms with Gasteiger partial charge in [0.2, 0.25) is 0 Å². The van der Waals surface area contributed by atoms with Crippen LogP contribution in [-0.2, 0) is 4.74 Å². The molecule has 1 N–H and O–H groups in total. The maximum Gasteiger partial charge on any atom is 0.0837 e. The van der Waals surface area contributed by atoms with E-state index in [9.17, 15) is 0 Å². The molecule has 0 heterocycles. The van der Waals surface area contributed by atoms with E-state index in [2.05, 4.69) is 32.8 Å². The van der Waals surface area contributed by atoms with Crippen LogP contribution in [0.3, 0.4) is 0 Å². The third kappa shape index (κ3) is 4.10. The summed E-state index contributed by atoms with van der Waals surface area (Å²) in [7, 11) is 2.08. The SMILES string of the molecule is C=CCCCC(NC)C1(OCC)CCCC(C)C1. The van der Waals surface area contributed by atoms with E-state index in [4.69, 9.17) is 4.74 Å². The van der Waals surface area contributed by atoms with Crippen molar-refractivity contribution in [1.29, 1.82) is 0 Å². The highest BCUT2D eigenvalue weighted by Crippen LogP contribution is 2.39. The molecule has 0 aromatic rings. The van der Waals surface area contributed by atoms with Gasteiger partial charge in [0.05, 0.1) is 5.60 Å². The number of rotatable bonds is 8. The Labute approximate surface area is 113 Å². The molecule has 0 aromatic carbocycles. The minimum absolute atomic E-state index is 0.0718. The van der Waals surface area contributed by atoms with Crippen molar-refractivity contribution in [1.82, 2.24) is 5.32 Å². The number of hydrogen-bond acceptors (Lipinski definition) is 2. The maximum atomic E-state index is 6.24. The molecule has 0 bridgehead atoms. The van der Waals surface area contributed by atoms with E-state index < -0.39 is 0 Å². The van der Waals surface area contributed by atoms with Crippen molar-refractivity contribution in [3.8, 4) is 0 Å². The Balaban J connectivity index is 2.69. The second-order valence-corrected chi connectivity index (χ2v) is 5.76. The van der Waals surface area contributed by atoms with Gasteiger partial charge in [-0.25, -0.2) is 0 Å². The molecule has 2 nitrogen and oxygen atoms in total. The van der Waals surface area contributed by atoms with Gasteiger partial charge in [0.25, 0.3) is 0 Å². The molecule has 1 fully saturated rings. The predicted octanol–water partition coefficient (Wildman–Crippen LogP) is 3.92. The van der Waals surface area contributed by atoms with Gasteiger partial charge < -0.3 is 10.1 Å². The van der Waals surface area contributed by atoms with E-state index in [0.29, 0.717) is 6.04 Å². The van der Waals surface area contributed by atoms with Gasteiger partial charge >= 0.3 is 0 Å². The van der Waals surface area contributed by atoms with E-state index in [0.717, 1.165) is 18.9 Å². The quantitative estimate of drug-likeness (QED) is 0.523. The normalized spacial score (nSPS) is 30.1. The van der Waals surface area contributed by atoms with E-state index in [-0.39, 0.29) is 5.60 Å². The van der Waals surface area contributed by atoms with Crippen LogP contribution >= 0.6 is 0 Å². The van der Waals surface area contributed by atoms with Crippen molar-refractivity contribution in [3.05, 3.63) is 12.7 Å². The molecule has 3 atom stereocenters. The van der Waals surface area contributed by atoms with Crippen LogP contribution in [0.5, 0.6) is 0 Å². The lowest BCUT2D eigenvalue weighted by molar-refractivity contribution is -0.101. The van der Waals surface area contributed by atoms with Gasteiger partial charge in [0.15, 0.2) is 0 Å². The number of likely N-dealkylation sites (N-methyl/N-ethyl adjacent to an activating group) is 1. The summed E-state index contributed by atoms with van der Waals surface area (Å²) in [5, 5.41) is 3.52. The van der Waals surface area contributed by atoms with Crippen LogP contribution in [-0.4, -0.2) is 25.3 Å². The van der Waals surface area contributed by atoms with Crippen molar-refractivity contribution in [3.63, 3.8) is 0 Å². The van der Waals surface area contributed by atoms with Gasteiger partial charge in [-0.1, -0.05) is 25.8 Å². The van der Waals surface area contributed by atoms with Crippen LogP contribution in [0.15, 0.2) is 12.7 Å². The molecule has 1 aliphatic rings. The number of nitrogens with one attached hydrogen (secondary N) is 1. The highest BCUT2D eigenvalue weighted by Gasteiger charge is 2.41. The topological polar surface area (TPSA) is 21.3 Å². The van der Waals surface area contributed by atoms with E-state index in [1.807, 2.05) is 6.08 Å². The molecular formula is C16H31NO. The van der Waals surface area contributed by atoms with Crippen molar-refractivity contribution < 1.29 is 4.74 Å². The number of allylic oxidation sites excluding steroid dienone is 1. The van der Waals surface area contributed by atoms with Crippen LogP contribution in [0.2, 0.25) is 0 Å². The maximum absolute atomic E-state index is 6.24. The molecule has 1 saturated carbocycles. The first kappa shape index (κ1) is 15.7. The van der Waals surface area contributed by atoms with Gasteiger partial charge in [0, 0.05) is 12.6 Å². The summed E-state index contributed by atoms with van der Waals surface area (Å²) in [5.74, 6) is 0.792. The Morgan fingerprint density at radius 3 is 2.89 bits per heavy atom. The summed E-state index contributed by atoms with van der Waals surface area (Å²) in [4.78, 5) is 0. The lowest BCUT2D eigenvalue weighted by Crippen LogP contribution is -2.54. The zero-order valence-corrected chi connectivity index (χ0v) is 12.5. The first-order valence-corrected chi connectivity index (χ1v) is 7.60. The molecule has 0 aromatic heterocycles. The first-order valence-electron chi connectivity index (χ1n) is 7.60. The third-order valence-corrected chi connectivity index (χ3v) is 4.31. The number of unbranched alkanes of at least 4 members (excludes halogenated alkanes) is 1. The molecule has 0 spiro atoms. The highest BCUT2D eigenvalue weighted by molar-refractivity contribution is 4.96. The summed E-state index contributed by atoms with van der Waals surface area (Å²) in [5.41, 5.74) is 0.0718. The second kappa shape index (κ2) is 7.96. The van der Waals surface area contributed by atoms with Gasteiger partial charge in [0.1, 0.15) is 0 Å². The molecule has 106 valence electrons. The fraction of sp³-hybridized carbons (Fsp3) is 0.875. The number of ether oxygens (including phenoxy) is 1. The molecule has 0 aliphatic heterocycles. The molecule has 0 saturated heterocycles. The van der Waals surface area contributed by atoms with Crippen molar-refractivity contribution in [2.24, 2.45) is 5.92 Å². The Hall–Kier alpha value is -0.340. The lowest BCUT2D eigenvalue weighted by atomic mass is 9.73.